The molecule has 0 radical (unpaired) electrons. The highest BCUT2D eigenvalue weighted by molar-refractivity contribution is 7.13. The summed E-state index contributed by atoms with van der Waals surface area (Å²) in [6.07, 6.45) is 0.00924. The van der Waals surface area contributed by atoms with Gasteiger partial charge in [0, 0.05) is 6.07 Å². The van der Waals surface area contributed by atoms with Gasteiger partial charge in [0.25, 0.3) is 0 Å². The van der Waals surface area contributed by atoms with Crippen LogP contribution < -0.4 is 5.73 Å². The molecule has 3 rings (SSSR count). The number of rotatable bonds is 4. The van der Waals surface area contributed by atoms with E-state index in [2.05, 4.69) is 5.10 Å². The van der Waals surface area contributed by atoms with E-state index in [0.717, 1.165) is 21.8 Å². The molecule has 0 aliphatic rings. The number of thiophene rings is 1. The number of carboxylic acids is 1. The summed E-state index contributed by atoms with van der Waals surface area (Å²) in [7, 11) is 0. The third kappa shape index (κ3) is 2.80. The van der Waals surface area contributed by atoms with E-state index >= 15 is 0 Å². The van der Waals surface area contributed by atoms with Crippen LogP contribution in [-0.4, -0.2) is 20.9 Å². The molecule has 6 heteroatoms. The number of nitrogen functional groups attached to an aromatic ring is 1. The van der Waals surface area contributed by atoms with Crippen molar-refractivity contribution < 1.29 is 9.90 Å². The van der Waals surface area contributed by atoms with Gasteiger partial charge in [-0.2, -0.15) is 5.10 Å². The van der Waals surface area contributed by atoms with Crippen molar-refractivity contribution >= 4 is 23.1 Å². The van der Waals surface area contributed by atoms with Gasteiger partial charge < -0.3 is 10.8 Å². The zero-order chi connectivity index (χ0) is 14.8. The van der Waals surface area contributed by atoms with Crippen molar-refractivity contribution in [2.75, 3.05) is 5.73 Å². The molecule has 0 fully saturated rings. The predicted octanol–water partition coefficient (Wildman–Crippen LogP) is 2.81. The Balaban J connectivity index is 1.92. The van der Waals surface area contributed by atoms with Crippen molar-refractivity contribution in [2.24, 2.45) is 0 Å². The molecule has 0 unspecified atom stereocenters. The Bertz CT molecular complexity index is 761. The van der Waals surface area contributed by atoms with E-state index in [1.54, 1.807) is 28.2 Å². The summed E-state index contributed by atoms with van der Waals surface area (Å²) in [5, 5.41) is 15.3. The monoisotopic (exact) mass is 299 g/mol. The van der Waals surface area contributed by atoms with E-state index in [1.807, 2.05) is 35.7 Å². The van der Waals surface area contributed by atoms with Crippen molar-refractivity contribution in [3.8, 4) is 16.3 Å². The third-order valence-electron chi connectivity index (χ3n) is 3.05. The third-order valence-corrected chi connectivity index (χ3v) is 3.94. The second-order valence-electron chi connectivity index (χ2n) is 4.58. The van der Waals surface area contributed by atoms with E-state index in [9.17, 15) is 4.79 Å². The minimum atomic E-state index is -0.846. The van der Waals surface area contributed by atoms with Gasteiger partial charge in [0.1, 0.15) is 11.5 Å². The fraction of sp³-hybridized carbons (Fsp3) is 0.0667. The first-order chi connectivity index (χ1) is 10.1. The average molecular weight is 299 g/mol. The van der Waals surface area contributed by atoms with E-state index < -0.39 is 5.97 Å². The topological polar surface area (TPSA) is 81.1 Å². The van der Waals surface area contributed by atoms with Gasteiger partial charge in [0.05, 0.1) is 17.0 Å². The molecule has 0 aliphatic carbocycles. The van der Waals surface area contributed by atoms with Gasteiger partial charge in [-0.15, -0.1) is 11.3 Å². The molecule has 2 aromatic heterocycles. The van der Waals surface area contributed by atoms with E-state index in [-0.39, 0.29) is 6.42 Å². The van der Waals surface area contributed by atoms with Crippen LogP contribution in [0, 0.1) is 0 Å². The molecule has 21 heavy (non-hydrogen) atoms. The summed E-state index contributed by atoms with van der Waals surface area (Å²) < 4.78 is 1.65. The molecule has 2 heterocycles. The molecule has 3 N–H and O–H groups in total. The van der Waals surface area contributed by atoms with Crippen LogP contribution in [0.1, 0.15) is 5.56 Å². The summed E-state index contributed by atoms with van der Waals surface area (Å²) in [6, 6.07) is 13.0. The lowest BCUT2D eigenvalue weighted by atomic mass is 10.1. The highest BCUT2D eigenvalue weighted by Crippen LogP contribution is 2.26. The number of carboxylic acid groups (broad SMARTS) is 1. The second kappa shape index (κ2) is 5.41. The first-order valence-corrected chi connectivity index (χ1v) is 7.22. The standard InChI is InChI=1S/C15H13N3O2S/c16-14-9-12(13-2-1-7-21-13)17-18(14)11-5-3-10(4-6-11)8-15(19)20/h1-7,9H,8,16H2,(H,19,20). The maximum atomic E-state index is 10.7. The van der Waals surface area contributed by atoms with Crippen LogP contribution in [0.15, 0.2) is 47.8 Å². The van der Waals surface area contributed by atoms with E-state index in [1.165, 1.54) is 0 Å². The number of nitrogens with zero attached hydrogens (tertiary/aromatic N) is 2. The Kier molecular flexibility index (Phi) is 3.45. The zero-order valence-electron chi connectivity index (χ0n) is 11.1. The molecule has 1 aromatic carbocycles. The first-order valence-electron chi connectivity index (χ1n) is 6.34. The molecule has 0 saturated carbocycles. The highest BCUT2D eigenvalue weighted by Gasteiger charge is 2.10. The van der Waals surface area contributed by atoms with Crippen LogP contribution in [0.4, 0.5) is 5.82 Å². The van der Waals surface area contributed by atoms with E-state index in [0.29, 0.717) is 5.82 Å². The second-order valence-corrected chi connectivity index (χ2v) is 5.53. The molecule has 0 amide bonds. The highest BCUT2D eigenvalue weighted by atomic mass is 32.1. The number of aromatic nitrogens is 2. The summed E-state index contributed by atoms with van der Waals surface area (Å²) in [5.74, 6) is -0.300. The van der Waals surface area contributed by atoms with Gasteiger partial charge in [-0.25, -0.2) is 4.68 Å². The quantitative estimate of drug-likeness (QED) is 0.776. The van der Waals surface area contributed by atoms with Crippen LogP contribution in [-0.2, 0) is 11.2 Å². The molecular formula is C15H13N3O2S. The van der Waals surface area contributed by atoms with Gasteiger partial charge in [0.15, 0.2) is 0 Å². The normalized spacial score (nSPS) is 10.7. The van der Waals surface area contributed by atoms with Crippen LogP contribution in [0.3, 0.4) is 0 Å². The summed E-state index contributed by atoms with van der Waals surface area (Å²) in [5.41, 5.74) is 8.40. The van der Waals surface area contributed by atoms with Crippen molar-refractivity contribution in [1.82, 2.24) is 9.78 Å². The predicted molar refractivity (Wildman–Crippen MR) is 82.6 cm³/mol. The Hall–Kier alpha value is -2.60. The van der Waals surface area contributed by atoms with Crippen molar-refractivity contribution in [1.29, 1.82) is 0 Å². The van der Waals surface area contributed by atoms with Crippen LogP contribution in [0.2, 0.25) is 0 Å². The molecule has 0 aliphatic heterocycles. The fourth-order valence-corrected chi connectivity index (χ4v) is 2.76. The average Bonchev–Trinajstić information content (AvgIpc) is 3.08. The number of carbonyl (C=O) groups is 1. The largest absolute Gasteiger partial charge is 0.481 e. The van der Waals surface area contributed by atoms with Crippen molar-refractivity contribution in [3.05, 3.63) is 53.4 Å². The molecule has 0 spiro atoms. The lowest BCUT2D eigenvalue weighted by Crippen LogP contribution is -2.03. The van der Waals surface area contributed by atoms with Gasteiger partial charge in [-0.05, 0) is 29.1 Å². The van der Waals surface area contributed by atoms with Gasteiger partial charge >= 0.3 is 5.97 Å². The molecule has 3 aromatic rings. The molecule has 0 bridgehead atoms. The number of benzene rings is 1. The summed E-state index contributed by atoms with van der Waals surface area (Å²) in [4.78, 5) is 11.7. The van der Waals surface area contributed by atoms with Crippen LogP contribution in [0.5, 0.6) is 0 Å². The van der Waals surface area contributed by atoms with Crippen molar-refractivity contribution in [3.63, 3.8) is 0 Å². The Morgan fingerprint density at radius 1 is 1.29 bits per heavy atom. The van der Waals surface area contributed by atoms with Crippen molar-refractivity contribution in [2.45, 2.75) is 6.42 Å². The minimum Gasteiger partial charge on any atom is -0.481 e. The minimum absolute atomic E-state index is 0.00924. The number of hydrogen-bond acceptors (Lipinski definition) is 4. The smallest absolute Gasteiger partial charge is 0.307 e. The molecule has 0 saturated heterocycles. The maximum Gasteiger partial charge on any atom is 0.307 e. The summed E-state index contributed by atoms with van der Waals surface area (Å²) >= 11 is 1.61. The first kappa shape index (κ1) is 13.4. The lowest BCUT2D eigenvalue weighted by molar-refractivity contribution is -0.136. The number of anilines is 1. The van der Waals surface area contributed by atoms with Crippen LogP contribution in [0.25, 0.3) is 16.3 Å². The van der Waals surface area contributed by atoms with Gasteiger partial charge in [-0.3, -0.25) is 4.79 Å². The van der Waals surface area contributed by atoms with Gasteiger partial charge in [0.2, 0.25) is 0 Å². The van der Waals surface area contributed by atoms with Gasteiger partial charge in [-0.1, -0.05) is 18.2 Å². The molecule has 5 nitrogen and oxygen atoms in total. The van der Waals surface area contributed by atoms with E-state index in [4.69, 9.17) is 10.8 Å². The number of nitrogens with two attached hydrogens (primary N) is 1. The summed E-state index contributed by atoms with van der Waals surface area (Å²) in [6.45, 7) is 0. The fourth-order valence-electron chi connectivity index (χ4n) is 2.08. The molecule has 0 atom stereocenters. The van der Waals surface area contributed by atoms with Crippen LogP contribution >= 0.6 is 11.3 Å². The lowest BCUT2D eigenvalue weighted by Gasteiger charge is -2.04. The molecular weight excluding hydrogens is 286 g/mol. The molecule has 106 valence electrons. The maximum absolute atomic E-state index is 10.7. The Morgan fingerprint density at radius 3 is 2.67 bits per heavy atom. The number of aliphatic carboxylic acids is 1. The zero-order valence-corrected chi connectivity index (χ0v) is 11.9. The number of hydrogen-bond donors (Lipinski definition) is 2. The Labute approximate surface area is 125 Å². The SMILES string of the molecule is Nc1cc(-c2cccs2)nn1-c1ccc(CC(=O)O)cc1. The Morgan fingerprint density at radius 2 is 2.05 bits per heavy atom.